The van der Waals surface area contributed by atoms with Gasteiger partial charge in [-0.2, -0.15) is 0 Å². The van der Waals surface area contributed by atoms with Crippen LogP contribution in [0.2, 0.25) is 0 Å². The molecule has 1 N–H and O–H groups in total. The second-order valence-corrected chi connectivity index (χ2v) is 6.26. The second-order valence-electron chi connectivity index (χ2n) is 6.26. The molecule has 23 heavy (non-hydrogen) atoms. The molecule has 0 saturated carbocycles. The van der Waals surface area contributed by atoms with E-state index in [1.54, 1.807) is 0 Å². The Morgan fingerprint density at radius 1 is 1.17 bits per heavy atom. The van der Waals surface area contributed by atoms with Crippen molar-refractivity contribution < 1.29 is 0 Å². The summed E-state index contributed by atoms with van der Waals surface area (Å²) in [5.74, 6) is 1.88. The summed E-state index contributed by atoms with van der Waals surface area (Å²) < 4.78 is 0. The summed E-state index contributed by atoms with van der Waals surface area (Å²) in [6.45, 7) is 7.31. The Morgan fingerprint density at radius 2 is 2.00 bits per heavy atom. The van der Waals surface area contributed by atoms with Crippen LogP contribution in [0.5, 0.6) is 0 Å². The molecule has 3 aliphatic rings. The molecule has 1 unspecified atom stereocenters. The number of aromatic amines is 1. The zero-order valence-electron chi connectivity index (χ0n) is 13.4. The fourth-order valence-corrected chi connectivity index (χ4v) is 3.35. The fourth-order valence-electron chi connectivity index (χ4n) is 3.35. The molecule has 0 aliphatic carbocycles. The van der Waals surface area contributed by atoms with Gasteiger partial charge in [-0.05, 0) is 39.2 Å². The zero-order valence-corrected chi connectivity index (χ0v) is 13.4. The highest BCUT2D eigenvalue weighted by molar-refractivity contribution is 5.78. The minimum Gasteiger partial charge on any atom is -0.352 e. The number of nitrogens with zero attached hydrogens (tertiary/aromatic N) is 3. The third-order valence-corrected chi connectivity index (χ3v) is 4.54. The Labute approximate surface area is 136 Å². The van der Waals surface area contributed by atoms with Crippen LogP contribution in [0.25, 0.3) is 22.6 Å². The van der Waals surface area contributed by atoms with Crippen LogP contribution in [0.15, 0.2) is 36.4 Å². The Bertz CT molecular complexity index is 778. The van der Waals surface area contributed by atoms with Crippen molar-refractivity contribution in [3.05, 3.63) is 49.1 Å². The lowest BCUT2D eigenvalue weighted by Gasteiger charge is -2.35. The highest BCUT2D eigenvalue weighted by Gasteiger charge is 2.26. The number of hydrogen-bond acceptors (Lipinski definition) is 3. The minimum absolute atomic E-state index is 0.276. The van der Waals surface area contributed by atoms with Crippen molar-refractivity contribution in [2.75, 3.05) is 11.4 Å². The van der Waals surface area contributed by atoms with Gasteiger partial charge in [0.1, 0.15) is 11.5 Å². The molecular weight excluding hydrogens is 284 g/mol. The third-order valence-electron chi connectivity index (χ3n) is 4.54. The molecule has 0 aromatic heterocycles. The van der Waals surface area contributed by atoms with E-state index in [9.17, 15) is 0 Å². The Balaban J connectivity index is 1.84. The number of H-pyrrole nitrogens is 1. The first-order valence-electron chi connectivity index (χ1n) is 8.25. The van der Waals surface area contributed by atoms with E-state index in [2.05, 4.69) is 35.0 Å². The topological polar surface area (TPSA) is 44.8 Å². The molecule has 1 saturated heterocycles. The first kappa shape index (κ1) is 14.2. The smallest absolute Gasteiger partial charge is 0.159 e. The van der Waals surface area contributed by atoms with Crippen LogP contribution in [-0.2, 0) is 0 Å². The first-order chi connectivity index (χ1) is 11.2. The molecule has 1 aromatic rings. The molecule has 3 aliphatic heterocycles. The van der Waals surface area contributed by atoms with Crippen LogP contribution >= 0.6 is 0 Å². The molecule has 0 spiro atoms. The zero-order chi connectivity index (χ0) is 15.8. The molecular formula is C19H21N4. The van der Waals surface area contributed by atoms with Gasteiger partial charge >= 0.3 is 0 Å². The Hall–Kier alpha value is -2.36. The van der Waals surface area contributed by atoms with Gasteiger partial charge in [0.25, 0.3) is 0 Å². The average molecular weight is 305 g/mol. The third kappa shape index (κ3) is 2.58. The van der Waals surface area contributed by atoms with E-state index in [0.29, 0.717) is 0 Å². The first-order valence-corrected chi connectivity index (χ1v) is 8.25. The lowest BCUT2D eigenvalue weighted by atomic mass is 10.0. The van der Waals surface area contributed by atoms with E-state index in [4.69, 9.17) is 9.97 Å². The normalized spacial score (nSPS) is 18.5. The molecule has 4 nitrogen and oxygen atoms in total. The van der Waals surface area contributed by atoms with Crippen LogP contribution in [0.1, 0.15) is 25.1 Å². The second kappa shape index (κ2) is 5.69. The SMILES string of the molecule is [CH2]C1CCCCN1c1nc(C)[nH]c2cc(-c3ccccc3)nc1-2. The van der Waals surface area contributed by atoms with Crippen LogP contribution in [-0.4, -0.2) is 27.5 Å². The van der Waals surface area contributed by atoms with E-state index in [0.717, 1.165) is 47.3 Å². The summed E-state index contributed by atoms with van der Waals surface area (Å²) in [7, 11) is 0. The molecule has 1 aromatic carbocycles. The van der Waals surface area contributed by atoms with Crippen LogP contribution in [0.3, 0.4) is 0 Å². The number of aryl methyl sites for hydroxylation is 1. The summed E-state index contributed by atoms with van der Waals surface area (Å²) in [4.78, 5) is 15.3. The van der Waals surface area contributed by atoms with Crippen molar-refractivity contribution in [3.63, 3.8) is 0 Å². The molecule has 1 fully saturated rings. The summed E-state index contributed by atoms with van der Waals surface area (Å²) in [6.07, 6.45) is 3.56. The monoisotopic (exact) mass is 305 g/mol. The highest BCUT2D eigenvalue weighted by atomic mass is 15.2. The highest BCUT2D eigenvalue weighted by Crippen LogP contribution is 2.35. The van der Waals surface area contributed by atoms with Gasteiger partial charge in [0.15, 0.2) is 5.82 Å². The summed E-state index contributed by atoms with van der Waals surface area (Å²) in [5.41, 5.74) is 4.11. The summed E-state index contributed by atoms with van der Waals surface area (Å²) in [6, 6.07) is 12.7. The van der Waals surface area contributed by atoms with Crippen molar-refractivity contribution >= 4 is 5.82 Å². The maximum absolute atomic E-state index is 4.87. The Morgan fingerprint density at radius 3 is 2.78 bits per heavy atom. The van der Waals surface area contributed by atoms with Gasteiger partial charge in [-0.15, -0.1) is 0 Å². The largest absolute Gasteiger partial charge is 0.352 e. The number of aromatic nitrogens is 3. The molecule has 1 atom stereocenters. The molecule has 4 rings (SSSR count). The Kier molecular flexibility index (Phi) is 3.52. The van der Waals surface area contributed by atoms with E-state index >= 15 is 0 Å². The number of nitrogens with one attached hydrogen (secondary N) is 1. The molecule has 0 amide bonds. The van der Waals surface area contributed by atoms with Crippen molar-refractivity contribution in [1.82, 2.24) is 15.0 Å². The molecule has 4 heteroatoms. The van der Waals surface area contributed by atoms with Crippen LogP contribution < -0.4 is 4.90 Å². The van der Waals surface area contributed by atoms with Gasteiger partial charge in [0.2, 0.25) is 0 Å². The van der Waals surface area contributed by atoms with E-state index in [1.807, 2.05) is 25.1 Å². The molecule has 117 valence electrons. The number of benzene rings is 1. The summed E-state index contributed by atoms with van der Waals surface area (Å²) >= 11 is 0. The van der Waals surface area contributed by atoms with E-state index < -0.39 is 0 Å². The van der Waals surface area contributed by atoms with Gasteiger partial charge in [0.05, 0.1) is 11.4 Å². The van der Waals surface area contributed by atoms with Gasteiger partial charge in [0, 0.05) is 18.2 Å². The predicted molar refractivity (Wildman–Crippen MR) is 93.5 cm³/mol. The van der Waals surface area contributed by atoms with Crippen molar-refractivity contribution in [3.8, 4) is 22.6 Å². The van der Waals surface area contributed by atoms with E-state index in [-0.39, 0.29) is 6.04 Å². The van der Waals surface area contributed by atoms with Crippen molar-refractivity contribution in [2.24, 2.45) is 0 Å². The fraction of sp³-hybridized carbons (Fsp3) is 0.316. The lowest BCUT2D eigenvalue weighted by Crippen LogP contribution is -2.38. The average Bonchev–Trinajstić information content (AvgIpc) is 2.99. The number of piperidine rings is 1. The molecule has 0 bridgehead atoms. The van der Waals surface area contributed by atoms with E-state index in [1.165, 1.54) is 12.8 Å². The maximum Gasteiger partial charge on any atom is 0.159 e. The minimum atomic E-state index is 0.276. The number of fused-ring (bicyclic) bond motifs is 1. The maximum atomic E-state index is 4.87. The predicted octanol–water partition coefficient (Wildman–Crippen LogP) is 4.08. The summed E-state index contributed by atoms with van der Waals surface area (Å²) in [5, 5.41) is 0. The number of rotatable bonds is 2. The van der Waals surface area contributed by atoms with Crippen molar-refractivity contribution in [2.45, 2.75) is 32.2 Å². The van der Waals surface area contributed by atoms with Crippen LogP contribution in [0.4, 0.5) is 5.82 Å². The lowest BCUT2D eigenvalue weighted by molar-refractivity contribution is 0.508. The standard InChI is InChI=1S/C19H21N4/c1-13-8-6-7-11-23(13)19-18-17(20-14(2)21-19)12-16(22-18)15-9-4-3-5-10-15/h3-5,9-10,12-13H,1,6-8,11H2,2H3,(H,20,21). The quantitative estimate of drug-likeness (QED) is 0.776. The number of anilines is 1. The molecule has 3 heterocycles. The van der Waals surface area contributed by atoms with Gasteiger partial charge in [-0.1, -0.05) is 30.3 Å². The van der Waals surface area contributed by atoms with Gasteiger partial charge in [-0.3, -0.25) is 0 Å². The van der Waals surface area contributed by atoms with Crippen LogP contribution in [0, 0.1) is 13.8 Å². The number of hydrogen-bond donors (Lipinski definition) is 1. The molecule has 1 radical (unpaired) electrons. The van der Waals surface area contributed by atoms with Gasteiger partial charge in [-0.25, -0.2) is 9.97 Å². The van der Waals surface area contributed by atoms with Crippen molar-refractivity contribution in [1.29, 1.82) is 0 Å². The van der Waals surface area contributed by atoms with Gasteiger partial charge < -0.3 is 9.88 Å².